The first-order valence-electron chi connectivity index (χ1n) is 7.72. The third-order valence-electron chi connectivity index (χ3n) is 4.20. The predicted molar refractivity (Wildman–Crippen MR) is 96.8 cm³/mol. The van der Waals surface area contributed by atoms with Gasteiger partial charge in [-0.2, -0.15) is 0 Å². The van der Waals surface area contributed by atoms with E-state index in [0.717, 1.165) is 12.8 Å². The fourth-order valence-corrected chi connectivity index (χ4v) is 6.62. The molecular weight excluding hydrogens is 370 g/mol. The molecule has 0 spiro atoms. The van der Waals surface area contributed by atoms with Crippen LogP contribution in [-0.4, -0.2) is 48.3 Å². The van der Waals surface area contributed by atoms with Gasteiger partial charge < -0.3 is 10.6 Å². The summed E-state index contributed by atoms with van der Waals surface area (Å²) in [7, 11) is -2.97. The maximum absolute atomic E-state index is 12.1. The lowest BCUT2D eigenvalue weighted by Gasteiger charge is -2.11. The molecule has 1 saturated heterocycles. The van der Waals surface area contributed by atoms with Gasteiger partial charge in [-0.05, 0) is 31.0 Å². The monoisotopic (exact) mass is 385 g/mol. The highest BCUT2D eigenvalue weighted by molar-refractivity contribution is 8.15. The number of hydrogen-bond donors (Lipinski definition) is 2. The maximum Gasteiger partial charge on any atom is 0.251 e. The van der Waals surface area contributed by atoms with Gasteiger partial charge in [0, 0.05) is 16.9 Å². The number of fused-ring (bicyclic) bond motifs is 1. The lowest BCUT2D eigenvalue weighted by Crippen LogP contribution is -2.25. The fourth-order valence-electron chi connectivity index (χ4n) is 2.79. The van der Waals surface area contributed by atoms with Gasteiger partial charge in [0.1, 0.15) is 0 Å². The number of carbonyl (C=O) groups is 1. The van der Waals surface area contributed by atoms with Crippen molar-refractivity contribution in [2.45, 2.75) is 30.2 Å². The standard InChI is InChI=1S/C15H16ClN3O3S2/c16-10-4-1-8(14(20)17-9-2-3-9)5-11(10)18-15-19-12-6-24(21,22)7-13(12)23-15/h1,4-5,9,12-13H,2-3,6-7H2,(H,17,20)(H,18,19). The zero-order valence-corrected chi connectivity index (χ0v) is 15.0. The average molecular weight is 386 g/mol. The van der Waals surface area contributed by atoms with Gasteiger partial charge in [0.25, 0.3) is 5.91 Å². The first kappa shape index (κ1) is 16.2. The summed E-state index contributed by atoms with van der Waals surface area (Å²) in [6.07, 6.45) is 2.06. The van der Waals surface area contributed by atoms with Crippen molar-refractivity contribution >= 4 is 50.0 Å². The molecule has 1 amide bonds. The maximum atomic E-state index is 12.1. The molecule has 2 heterocycles. The Morgan fingerprint density at radius 3 is 2.79 bits per heavy atom. The van der Waals surface area contributed by atoms with Crippen LogP contribution < -0.4 is 10.6 Å². The molecule has 2 atom stereocenters. The quantitative estimate of drug-likeness (QED) is 0.829. The molecule has 1 saturated carbocycles. The van der Waals surface area contributed by atoms with Crippen LogP contribution in [0.5, 0.6) is 0 Å². The number of thioether (sulfide) groups is 1. The number of benzene rings is 1. The van der Waals surface area contributed by atoms with Crippen molar-refractivity contribution in [3.05, 3.63) is 28.8 Å². The predicted octanol–water partition coefficient (Wildman–Crippen LogP) is 1.91. The van der Waals surface area contributed by atoms with E-state index >= 15 is 0 Å². The van der Waals surface area contributed by atoms with Crippen molar-refractivity contribution in [1.82, 2.24) is 5.32 Å². The molecule has 2 unspecified atom stereocenters. The van der Waals surface area contributed by atoms with E-state index < -0.39 is 9.84 Å². The van der Waals surface area contributed by atoms with Gasteiger partial charge in [-0.25, -0.2) is 8.42 Å². The molecule has 1 aliphatic carbocycles. The second-order valence-electron chi connectivity index (χ2n) is 6.30. The molecule has 0 radical (unpaired) electrons. The number of amides is 1. The van der Waals surface area contributed by atoms with Gasteiger partial charge in [-0.3, -0.25) is 9.79 Å². The summed E-state index contributed by atoms with van der Waals surface area (Å²) in [6.45, 7) is 0. The summed E-state index contributed by atoms with van der Waals surface area (Å²) in [5.41, 5.74) is 1.15. The molecule has 3 aliphatic rings. The molecule has 1 aromatic rings. The third-order valence-corrected chi connectivity index (χ3v) is 7.67. The topological polar surface area (TPSA) is 87.6 Å². The minimum Gasteiger partial charge on any atom is -0.349 e. The molecule has 1 aromatic carbocycles. The van der Waals surface area contributed by atoms with Crippen LogP contribution in [0.2, 0.25) is 5.02 Å². The minimum absolute atomic E-state index is 0.0300. The summed E-state index contributed by atoms with van der Waals surface area (Å²) >= 11 is 7.63. The Bertz CT molecular complexity index is 836. The number of sulfone groups is 1. The summed E-state index contributed by atoms with van der Waals surface area (Å²) < 4.78 is 23.2. The molecular formula is C15H16ClN3O3S2. The van der Waals surface area contributed by atoms with Crippen LogP contribution >= 0.6 is 23.4 Å². The van der Waals surface area contributed by atoms with E-state index in [-0.39, 0.29) is 28.7 Å². The highest BCUT2D eigenvalue weighted by atomic mass is 35.5. The van der Waals surface area contributed by atoms with E-state index in [4.69, 9.17) is 11.6 Å². The van der Waals surface area contributed by atoms with Gasteiger partial charge >= 0.3 is 0 Å². The number of anilines is 1. The van der Waals surface area contributed by atoms with Gasteiger partial charge in [-0.15, -0.1) is 0 Å². The lowest BCUT2D eigenvalue weighted by atomic mass is 10.2. The first-order valence-corrected chi connectivity index (χ1v) is 10.8. The molecule has 2 N–H and O–H groups in total. The van der Waals surface area contributed by atoms with E-state index in [0.29, 0.717) is 27.5 Å². The number of rotatable bonds is 3. The number of nitrogens with one attached hydrogen (secondary N) is 2. The molecule has 0 aromatic heterocycles. The van der Waals surface area contributed by atoms with Crippen molar-refractivity contribution in [3.8, 4) is 0 Å². The summed E-state index contributed by atoms with van der Waals surface area (Å²) in [4.78, 5) is 16.6. The van der Waals surface area contributed by atoms with Crippen LogP contribution in [0.15, 0.2) is 23.2 Å². The fraction of sp³-hybridized carbons (Fsp3) is 0.467. The molecule has 0 bridgehead atoms. The minimum atomic E-state index is -2.97. The first-order chi connectivity index (χ1) is 11.4. The van der Waals surface area contributed by atoms with E-state index in [1.54, 1.807) is 18.2 Å². The number of hydrogen-bond acceptors (Lipinski definition) is 6. The Hall–Kier alpha value is -1.25. The normalized spacial score (nSPS) is 27.5. The molecule has 24 heavy (non-hydrogen) atoms. The number of amidine groups is 1. The van der Waals surface area contributed by atoms with Crippen LogP contribution in [0.25, 0.3) is 0 Å². The SMILES string of the molecule is O=C(NC1CC1)c1ccc(Cl)c(NC2=NC3CS(=O)(=O)CC3S2)c1. The zero-order valence-electron chi connectivity index (χ0n) is 12.7. The van der Waals surface area contributed by atoms with Crippen molar-refractivity contribution in [2.24, 2.45) is 4.99 Å². The number of carbonyl (C=O) groups excluding carboxylic acids is 1. The Morgan fingerprint density at radius 1 is 1.29 bits per heavy atom. The Balaban J connectivity index is 1.49. The smallest absolute Gasteiger partial charge is 0.251 e. The van der Waals surface area contributed by atoms with Crippen LogP contribution in [0.4, 0.5) is 5.69 Å². The number of aliphatic imine (C=N–C) groups is 1. The third kappa shape index (κ3) is 3.41. The highest BCUT2D eigenvalue weighted by Crippen LogP contribution is 2.35. The van der Waals surface area contributed by atoms with Crippen molar-refractivity contribution in [1.29, 1.82) is 0 Å². The number of nitrogens with zero attached hydrogens (tertiary/aromatic N) is 1. The lowest BCUT2D eigenvalue weighted by molar-refractivity contribution is 0.0951. The van der Waals surface area contributed by atoms with Crippen LogP contribution in [-0.2, 0) is 9.84 Å². The number of halogens is 1. The van der Waals surface area contributed by atoms with Crippen LogP contribution in [0.3, 0.4) is 0 Å². The Labute approximate surface area is 149 Å². The van der Waals surface area contributed by atoms with E-state index in [9.17, 15) is 13.2 Å². The van der Waals surface area contributed by atoms with Gasteiger partial charge in [-0.1, -0.05) is 23.4 Å². The van der Waals surface area contributed by atoms with E-state index in [1.165, 1.54) is 11.8 Å². The summed E-state index contributed by atoms with van der Waals surface area (Å²) in [5.74, 6) is 0.156. The summed E-state index contributed by atoms with van der Waals surface area (Å²) in [5, 5.41) is 7.19. The molecule has 9 heteroatoms. The second kappa shape index (κ2) is 5.93. The van der Waals surface area contributed by atoms with Gasteiger partial charge in [0.15, 0.2) is 15.0 Å². The van der Waals surface area contributed by atoms with Gasteiger partial charge in [0.05, 0.1) is 28.3 Å². The Kier molecular flexibility index (Phi) is 4.01. The Morgan fingerprint density at radius 2 is 2.08 bits per heavy atom. The van der Waals surface area contributed by atoms with Gasteiger partial charge in [0.2, 0.25) is 0 Å². The highest BCUT2D eigenvalue weighted by Gasteiger charge is 2.42. The largest absolute Gasteiger partial charge is 0.349 e. The van der Waals surface area contributed by atoms with E-state index in [1.807, 2.05) is 0 Å². The van der Waals surface area contributed by atoms with Crippen LogP contribution in [0.1, 0.15) is 23.2 Å². The molecule has 4 rings (SSSR count). The average Bonchev–Trinajstić information content (AvgIpc) is 3.16. The second-order valence-corrected chi connectivity index (χ2v) is 10.1. The van der Waals surface area contributed by atoms with Crippen LogP contribution in [0, 0.1) is 0 Å². The molecule has 6 nitrogen and oxygen atoms in total. The molecule has 128 valence electrons. The van der Waals surface area contributed by atoms with E-state index in [2.05, 4.69) is 15.6 Å². The molecule has 2 aliphatic heterocycles. The van der Waals surface area contributed by atoms with Crippen molar-refractivity contribution < 1.29 is 13.2 Å². The zero-order chi connectivity index (χ0) is 16.9. The van der Waals surface area contributed by atoms with Crippen molar-refractivity contribution in [3.63, 3.8) is 0 Å². The molecule has 2 fully saturated rings. The summed E-state index contributed by atoms with van der Waals surface area (Å²) in [6, 6.07) is 5.17. The van der Waals surface area contributed by atoms with Crippen molar-refractivity contribution in [2.75, 3.05) is 16.8 Å².